The molecule has 3 N–H and O–H groups in total. The largest absolute Gasteiger partial charge is 0.508 e. The maximum atomic E-state index is 11.7. The van der Waals surface area contributed by atoms with Crippen molar-refractivity contribution >= 4 is 5.91 Å². The molecule has 1 atom stereocenters. The van der Waals surface area contributed by atoms with Gasteiger partial charge >= 0.3 is 0 Å². The predicted molar refractivity (Wildman–Crippen MR) is 85.4 cm³/mol. The molecule has 0 saturated heterocycles. The van der Waals surface area contributed by atoms with Gasteiger partial charge in [0.2, 0.25) is 5.91 Å². The SMILES string of the molecule is CCCCC(C(N)=O)c1ccc(O)c(C2CCCCC2)c1. The third kappa shape index (κ3) is 3.99. The Kier molecular flexibility index (Phi) is 5.66. The van der Waals surface area contributed by atoms with E-state index < -0.39 is 0 Å². The molecule has 1 aromatic rings. The Labute approximate surface area is 127 Å². The van der Waals surface area contributed by atoms with Gasteiger partial charge in [0.15, 0.2) is 0 Å². The standard InChI is InChI=1S/C18H27NO2/c1-2-3-9-15(18(19)21)14-10-11-17(20)16(12-14)13-7-5-4-6-8-13/h10-13,15,20H,2-9H2,1H3,(H2,19,21). The Morgan fingerprint density at radius 3 is 2.67 bits per heavy atom. The highest BCUT2D eigenvalue weighted by molar-refractivity contribution is 5.82. The Morgan fingerprint density at radius 2 is 2.05 bits per heavy atom. The fraction of sp³-hybridized carbons (Fsp3) is 0.611. The zero-order chi connectivity index (χ0) is 15.2. The van der Waals surface area contributed by atoms with Crippen LogP contribution in [0, 0.1) is 0 Å². The average Bonchev–Trinajstić information content (AvgIpc) is 2.49. The van der Waals surface area contributed by atoms with Crippen LogP contribution in [0.1, 0.15) is 81.3 Å². The number of phenolic OH excluding ortho intramolecular Hbond substituents is 1. The van der Waals surface area contributed by atoms with Crippen LogP contribution in [0.25, 0.3) is 0 Å². The topological polar surface area (TPSA) is 63.3 Å². The molecular formula is C18H27NO2. The lowest BCUT2D eigenvalue weighted by molar-refractivity contribution is -0.119. The molecule has 0 aliphatic heterocycles. The van der Waals surface area contributed by atoms with E-state index in [4.69, 9.17) is 5.73 Å². The quantitative estimate of drug-likeness (QED) is 0.824. The van der Waals surface area contributed by atoms with Gasteiger partial charge in [-0.15, -0.1) is 0 Å². The number of carbonyl (C=O) groups is 1. The van der Waals surface area contributed by atoms with E-state index in [2.05, 4.69) is 6.92 Å². The van der Waals surface area contributed by atoms with Crippen LogP contribution in [0.15, 0.2) is 18.2 Å². The second kappa shape index (κ2) is 7.48. The van der Waals surface area contributed by atoms with Crippen LogP contribution in [0.4, 0.5) is 0 Å². The molecule has 0 aromatic heterocycles. The summed E-state index contributed by atoms with van der Waals surface area (Å²) in [7, 11) is 0. The smallest absolute Gasteiger partial charge is 0.224 e. The van der Waals surface area contributed by atoms with Crippen molar-refractivity contribution in [1.29, 1.82) is 0 Å². The summed E-state index contributed by atoms with van der Waals surface area (Å²) in [5.74, 6) is 0.305. The molecule has 0 heterocycles. The van der Waals surface area contributed by atoms with Gasteiger partial charge in [0.25, 0.3) is 0 Å². The summed E-state index contributed by atoms with van der Waals surface area (Å²) < 4.78 is 0. The van der Waals surface area contributed by atoms with Crippen LogP contribution in [0.2, 0.25) is 0 Å². The number of amides is 1. The molecule has 1 aromatic carbocycles. The van der Waals surface area contributed by atoms with E-state index in [1.807, 2.05) is 12.1 Å². The molecule has 0 radical (unpaired) electrons. The van der Waals surface area contributed by atoms with Crippen LogP contribution in [0.3, 0.4) is 0 Å². The molecule has 116 valence electrons. The molecule has 1 saturated carbocycles. The van der Waals surface area contributed by atoms with Crippen LogP contribution in [-0.4, -0.2) is 11.0 Å². The Bertz CT molecular complexity index is 478. The molecule has 1 amide bonds. The molecule has 3 heteroatoms. The predicted octanol–water partition coefficient (Wildman–Crippen LogP) is 4.20. The fourth-order valence-corrected chi connectivity index (χ4v) is 3.41. The summed E-state index contributed by atoms with van der Waals surface area (Å²) in [4.78, 5) is 11.7. The minimum Gasteiger partial charge on any atom is -0.508 e. The average molecular weight is 289 g/mol. The van der Waals surface area contributed by atoms with E-state index >= 15 is 0 Å². The van der Waals surface area contributed by atoms with E-state index in [9.17, 15) is 9.90 Å². The maximum absolute atomic E-state index is 11.7. The van der Waals surface area contributed by atoms with Crippen LogP contribution >= 0.6 is 0 Å². The monoisotopic (exact) mass is 289 g/mol. The zero-order valence-electron chi connectivity index (χ0n) is 13.0. The normalized spacial score (nSPS) is 17.6. The highest BCUT2D eigenvalue weighted by Gasteiger charge is 2.22. The zero-order valence-corrected chi connectivity index (χ0v) is 13.0. The van der Waals surface area contributed by atoms with Gasteiger partial charge in [-0.25, -0.2) is 0 Å². The molecule has 2 rings (SSSR count). The molecule has 0 spiro atoms. The number of rotatable bonds is 6. The van der Waals surface area contributed by atoms with Crippen LogP contribution in [-0.2, 0) is 4.79 Å². The minimum atomic E-state index is -0.260. The molecule has 1 aliphatic carbocycles. The third-order valence-corrected chi connectivity index (χ3v) is 4.69. The van der Waals surface area contributed by atoms with Gasteiger partial charge < -0.3 is 10.8 Å². The van der Waals surface area contributed by atoms with E-state index in [1.54, 1.807) is 6.07 Å². The summed E-state index contributed by atoms with van der Waals surface area (Å²) in [6.45, 7) is 2.11. The van der Waals surface area contributed by atoms with E-state index in [0.717, 1.165) is 43.2 Å². The number of benzene rings is 1. The molecule has 0 bridgehead atoms. The number of nitrogens with two attached hydrogens (primary N) is 1. The van der Waals surface area contributed by atoms with Crippen molar-refractivity contribution in [2.24, 2.45) is 5.73 Å². The van der Waals surface area contributed by atoms with E-state index in [1.165, 1.54) is 19.3 Å². The van der Waals surface area contributed by atoms with Gasteiger partial charge in [0.1, 0.15) is 5.75 Å². The second-order valence-electron chi connectivity index (χ2n) is 6.25. The molecule has 21 heavy (non-hydrogen) atoms. The number of hydrogen-bond donors (Lipinski definition) is 2. The first-order chi connectivity index (χ1) is 10.1. The van der Waals surface area contributed by atoms with Crippen molar-refractivity contribution in [2.45, 2.75) is 70.1 Å². The molecular weight excluding hydrogens is 262 g/mol. The molecule has 1 unspecified atom stereocenters. The van der Waals surface area contributed by atoms with Crippen LogP contribution < -0.4 is 5.73 Å². The number of phenols is 1. The van der Waals surface area contributed by atoms with Gasteiger partial charge in [0, 0.05) is 0 Å². The van der Waals surface area contributed by atoms with E-state index in [0.29, 0.717) is 11.7 Å². The first-order valence-electron chi connectivity index (χ1n) is 8.25. The van der Waals surface area contributed by atoms with Crippen molar-refractivity contribution in [3.05, 3.63) is 29.3 Å². The van der Waals surface area contributed by atoms with Gasteiger partial charge in [0.05, 0.1) is 5.92 Å². The van der Waals surface area contributed by atoms with Gasteiger partial charge in [-0.05, 0) is 42.4 Å². The van der Waals surface area contributed by atoms with Crippen molar-refractivity contribution in [3.8, 4) is 5.75 Å². The number of primary amides is 1. The van der Waals surface area contributed by atoms with Crippen molar-refractivity contribution in [1.82, 2.24) is 0 Å². The summed E-state index contributed by atoms with van der Waals surface area (Å²) >= 11 is 0. The molecule has 1 aliphatic rings. The Morgan fingerprint density at radius 1 is 1.33 bits per heavy atom. The van der Waals surface area contributed by atoms with Crippen molar-refractivity contribution < 1.29 is 9.90 Å². The fourth-order valence-electron chi connectivity index (χ4n) is 3.41. The minimum absolute atomic E-state index is 0.229. The third-order valence-electron chi connectivity index (χ3n) is 4.69. The molecule has 3 nitrogen and oxygen atoms in total. The van der Waals surface area contributed by atoms with Crippen molar-refractivity contribution in [2.75, 3.05) is 0 Å². The summed E-state index contributed by atoms with van der Waals surface area (Å²) in [5.41, 5.74) is 7.55. The highest BCUT2D eigenvalue weighted by Crippen LogP contribution is 2.38. The summed E-state index contributed by atoms with van der Waals surface area (Å²) in [6.07, 6.45) is 8.84. The Hall–Kier alpha value is -1.51. The number of unbranched alkanes of at least 4 members (excludes halogenated alkanes) is 1. The lowest BCUT2D eigenvalue weighted by Crippen LogP contribution is -2.21. The van der Waals surface area contributed by atoms with Crippen molar-refractivity contribution in [3.63, 3.8) is 0 Å². The van der Waals surface area contributed by atoms with Crippen LogP contribution in [0.5, 0.6) is 5.75 Å². The summed E-state index contributed by atoms with van der Waals surface area (Å²) in [6, 6.07) is 5.62. The molecule has 1 fully saturated rings. The number of carbonyl (C=O) groups excluding carboxylic acids is 1. The lowest BCUT2D eigenvalue weighted by atomic mass is 9.81. The second-order valence-corrected chi connectivity index (χ2v) is 6.25. The summed E-state index contributed by atoms with van der Waals surface area (Å²) in [5, 5.41) is 10.2. The lowest BCUT2D eigenvalue weighted by Gasteiger charge is -2.24. The number of hydrogen-bond acceptors (Lipinski definition) is 2. The maximum Gasteiger partial charge on any atom is 0.224 e. The number of aromatic hydroxyl groups is 1. The van der Waals surface area contributed by atoms with Gasteiger partial charge in [-0.3, -0.25) is 4.79 Å². The van der Waals surface area contributed by atoms with Gasteiger partial charge in [-0.2, -0.15) is 0 Å². The van der Waals surface area contributed by atoms with E-state index in [-0.39, 0.29) is 11.8 Å². The highest BCUT2D eigenvalue weighted by atomic mass is 16.3. The van der Waals surface area contributed by atoms with Gasteiger partial charge in [-0.1, -0.05) is 51.2 Å². The first kappa shape index (κ1) is 15.9. The Balaban J connectivity index is 2.25. The first-order valence-corrected chi connectivity index (χ1v) is 8.25.